The molecule has 0 radical (unpaired) electrons. The Morgan fingerprint density at radius 2 is 1.14 bits per heavy atom. The molecule has 1 N–H and O–H groups in total. The average Bonchev–Trinajstić information content (AvgIpc) is 3.05. The molecule has 2 nitrogen and oxygen atoms in total. The summed E-state index contributed by atoms with van der Waals surface area (Å²) in [6.45, 7) is 0. The molecule has 0 atom stereocenters. The molecular weight excluding hydrogens is 457 g/mol. The molecule has 0 aromatic heterocycles. The van der Waals surface area contributed by atoms with Crippen LogP contribution in [0.1, 0.15) is 22.3 Å². The van der Waals surface area contributed by atoms with Crippen LogP contribution in [0.4, 0.5) is 5.69 Å². The minimum absolute atomic E-state index is 0.420. The van der Waals surface area contributed by atoms with Gasteiger partial charge in [-0.3, -0.25) is 5.21 Å². The standard InChI is InChI=1S/C25H18INO/c26-27(28)20-15-16-22-21-13-7-8-14-23(21)25(24(22)17-20,18-9-3-1-4-10-18)19-11-5-2-6-12-19/h1-17,28H. The van der Waals surface area contributed by atoms with Crippen molar-refractivity contribution in [2.45, 2.75) is 5.41 Å². The third-order valence-corrected chi connectivity index (χ3v) is 6.21. The van der Waals surface area contributed by atoms with E-state index in [4.69, 9.17) is 0 Å². The molecule has 0 spiro atoms. The van der Waals surface area contributed by atoms with Crippen molar-refractivity contribution in [3.8, 4) is 11.1 Å². The first-order chi connectivity index (χ1) is 13.7. The number of fused-ring (bicyclic) bond motifs is 3. The summed E-state index contributed by atoms with van der Waals surface area (Å²) in [5.74, 6) is 0. The van der Waals surface area contributed by atoms with E-state index >= 15 is 0 Å². The lowest BCUT2D eigenvalue weighted by atomic mass is 9.67. The summed E-state index contributed by atoms with van der Waals surface area (Å²) in [5.41, 5.74) is 7.72. The van der Waals surface area contributed by atoms with Gasteiger partial charge in [-0.05, 0) is 45.5 Å². The number of anilines is 1. The van der Waals surface area contributed by atoms with E-state index in [1.807, 2.05) is 28.9 Å². The van der Waals surface area contributed by atoms with Gasteiger partial charge in [0.2, 0.25) is 0 Å². The van der Waals surface area contributed by atoms with E-state index in [1.54, 1.807) is 0 Å². The zero-order valence-corrected chi connectivity index (χ0v) is 17.2. The second kappa shape index (κ2) is 6.76. The smallest absolute Gasteiger partial charge is 0.0902 e. The van der Waals surface area contributed by atoms with Gasteiger partial charge in [0.25, 0.3) is 0 Å². The van der Waals surface area contributed by atoms with Gasteiger partial charge >= 0.3 is 0 Å². The Hall–Kier alpha value is -2.63. The van der Waals surface area contributed by atoms with Crippen LogP contribution < -0.4 is 3.28 Å². The maximum Gasteiger partial charge on any atom is 0.0902 e. The summed E-state index contributed by atoms with van der Waals surface area (Å²) in [7, 11) is 0. The quantitative estimate of drug-likeness (QED) is 0.181. The van der Waals surface area contributed by atoms with Crippen LogP contribution in [-0.4, -0.2) is 5.21 Å². The van der Waals surface area contributed by atoms with E-state index < -0.39 is 5.41 Å². The van der Waals surface area contributed by atoms with E-state index in [9.17, 15) is 5.21 Å². The topological polar surface area (TPSA) is 23.5 Å². The fourth-order valence-electron chi connectivity index (χ4n) is 4.55. The van der Waals surface area contributed by atoms with Crippen molar-refractivity contribution in [2.24, 2.45) is 0 Å². The molecular formula is C25H18INO. The number of nitrogens with zero attached hydrogens (tertiary/aromatic N) is 1. The normalized spacial score (nSPS) is 13.6. The Morgan fingerprint density at radius 3 is 1.75 bits per heavy atom. The van der Waals surface area contributed by atoms with Gasteiger partial charge in [-0.2, -0.15) is 3.28 Å². The van der Waals surface area contributed by atoms with Gasteiger partial charge in [0, 0.05) is 0 Å². The van der Waals surface area contributed by atoms with Gasteiger partial charge in [0.15, 0.2) is 0 Å². The highest BCUT2D eigenvalue weighted by atomic mass is 127. The summed E-state index contributed by atoms with van der Waals surface area (Å²) >= 11 is 1.90. The lowest BCUT2D eigenvalue weighted by Crippen LogP contribution is -2.28. The van der Waals surface area contributed by atoms with Crippen LogP contribution in [0.15, 0.2) is 103 Å². The second-order valence-corrected chi connectivity index (χ2v) is 7.93. The summed E-state index contributed by atoms with van der Waals surface area (Å²) in [5, 5.41) is 10.1. The third-order valence-electron chi connectivity index (χ3n) is 5.66. The summed E-state index contributed by atoms with van der Waals surface area (Å²) in [4.78, 5) is 0. The van der Waals surface area contributed by atoms with Crippen LogP contribution in [0.3, 0.4) is 0 Å². The zero-order valence-electron chi connectivity index (χ0n) is 15.1. The van der Waals surface area contributed by atoms with Gasteiger partial charge in [-0.25, -0.2) is 0 Å². The van der Waals surface area contributed by atoms with Crippen molar-refractivity contribution < 1.29 is 5.21 Å². The molecule has 1 aliphatic rings. The molecule has 4 aromatic rings. The molecule has 4 aromatic carbocycles. The van der Waals surface area contributed by atoms with Crippen molar-refractivity contribution in [1.29, 1.82) is 0 Å². The molecule has 5 rings (SSSR count). The number of halogens is 1. The fraction of sp³-hybridized carbons (Fsp3) is 0.0400. The molecule has 0 aliphatic heterocycles. The molecule has 0 amide bonds. The van der Waals surface area contributed by atoms with E-state index in [1.165, 1.54) is 33.4 Å². The minimum Gasteiger partial charge on any atom is -0.279 e. The number of rotatable bonds is 3. The van der Waals surface area contributed by atoms with Crippen LogP contribution in [0, 0.1) is 0 Å². The third kappa shape index (κ3) is 2.43. The fourth-order valence-corrected chi connectivity index (χ4v) is 4.85. The predicted octanol–water partition coefficient (Wildman–Crippen LogP) is 6.60. The van der Waals surface area contributed by atoms with E-state index in [-0.39, 0.29) is 0 Å². The van der Waals surface area contributed by atoms with Gasteiger partial charge < -0.3 is 0 Å². The van der Waals surface area contributed by atoms with Crippen LogP contribution in [0.5, 0.6) is 0 Å². The molecule has 0 saturated heterocycles. The molecule has 0 heterocycles. The lowest BCUT2D eigenvalue weighted by molar-refractivity contribution is 0.346. The molecule has 0 saturated carbocycles. The predicted molar refractivity (Wildman–Crippen MR) is 122 cm³/mol. The number of hydrogen-bond donors (Lipinski definition) is 1. The molecule has 0 bridgehead atoms. The van der Waals surface area contributed by atoms with Crippen LogP contribution >= 0.6 is 22.9 Å². The van der Waals surface area contributed by atoms with Crippen LogP contribution in [-0.2, 0) is 5.41 Å². The Kier molecular flexibility index (Phi) is 4.22. The average molecular weight is 475 g/mol. The first-order valence-electron chi connectivity index (χ1n) is 9.23. The lowest BCUT2D eigenvalue weighted by Gasteiger charge is -2.34. The molecule has 1 aliphatic carbocycles. The van der Waals surface area contributed by atoms with Gasteiger partial charge in [-0.15, -0.1) is 0 Å². The van der Waals surface area contributed by atoms with Crippen molar-refractivity contribution in [3.63, 3.8) is 0 Å². The highest BCUT2D eigenvalue weighted by Crippen LogP contribution is 2.56. The largest absolute Gasteiger partial charge is 0.279 e. The number of hydrogen-bond acceptors (Lipinski definition) is 2. The van der Waals surface area contributed by atoms with Crippen molar-refractivity contribution >= 4 is 28.6 Å². The summed E-state index contributed by atoms with van der Waals surface area (Å²) < 4.78 is 1.15. The first kappa shape index (κ1) is 17.5. The Bertz CT molecular complexity index is 1100. The van der Waals surface area contributed by atoms with Crippen molar-refractivity contribution in [2.75, 3.05) is 3.28 Å². The molecule has 136 valence electrons. The van der Waals surface area contributed by atoms with Crippen LogP contribution in [0.25, 0.3) is 11.1 Å². The molecule has 0 unspecified atom stereocenters. The van der Waals surface area contributed by atoms with E-state index in [0.717, 1.165) is 8.96 Å². The molecule has 3 heteroatoms. The monoisotopic (exact) mass is 475 g/mol. The van der Waals surface area contributed by atoms with Crippen molar-refractivity contribution in [1.82, 2.24) is 0 Å². The SMILES string of the molecule is ON(I)c1ccc2c(c1)C(c1ccccc1)(c1ccccc1)c1ccccc1-2. The maximum absolute atomic E-state index is 10.1. The van der Waals surface area contributed by atoms with E-state index in [0.29, 0.717) is 0 Å². The van der Waals surface area contributed by atoms with Crippen molar-refractivity contribution in [3.05, 3.63) is 125 Å². The van der Waals surface area contributed by atoms with Gasteiger partial charge in [0.05, 0.1) is 34.0 Å². The number of benzene rings is 4. The Morgan fingerprint density at radius 1 is 0.607 bits per heavy atom. The van der Waals surface area contributed by atoms with E-state index in [2.05, 4.69) is 97.1 Å². The molecule has 28 heavy (non-hydrogen) atoms. The highest BCUT2D eigenvalue weighted by Gasteiger charge is 2.46. The van der Waals surface area contributed by atoms with Crippen LogP contribution in [0.2, 0.25) is 0 Å². The summed E-state index contributed by atoms with van der Waals surface area (Å²) in [6.07, 6.45) is 0. The Balaban J connectivity index is 1.96. The first-order valence-corrected chi connectivity index (χ1v) is 10.2. The van der Waals surface area contributed by atoms with Gasteiger partial charge in [-0.1, -0.05) is 91.0 Å². The maximum atomic E-state index is 10.1. The molecule has 0 fully saturated rings. The second-order valence-electron chi connectivity index (χ2n) is 7.02. The highest BCUT2D eigenvalue weighted by molar-refractivity contribution is 14.1. The van der Waals surface area contributed by atoms with Gasteiger partial charge in [0.1, 0.15) is 0 Å². The Labute approximate surface area is 178 Å². The zero-order chi connectivity index (χ0) is 19.1. The summed E-state index contributed by atoms with van der Waals surface area (Å²) in [6, 6.07) is 36.2. The minimum atomic E-state index is -0.420.